The maximum Gasteiger partial charge on any atom is 0.340 e. The van der Waals surface area contributed by atoms with E-state index in [1.54, 1.807) is 27.9 Å². The summed E-state index contributed by atoms with van der Waals surface area (Å²) in [7, 11) is 1.64. The summed E-state index contributed by atoms with van der Waals surface area (Å²) in [5.74, 6) is -0.765. The van der Waals surface area contributed by atoms with Crippen LogP contribution in [0.2, 0.25) is 0 Å². The van der Waals surface area contributed by atoms with Crippen LogP contribution in [0.1, 0.15) is 54.4 Å². The fraction of sp³-hybridized carbons (Fsp3) is 0.765. The van der Waals surface area contributed by atoms with Crippen molar-refractivity contribution in [3.8, 4) is 0 Å². The van der Waals surface area contributed by atoms with E-state index in [1.807, 2.05) is 20.8 Å². The lowest BCUT2D eigenvalue weighted by Crippen LogP contribution is -2.39. The summed E-state index contributed by atoms with van der Waals surface area (Å²) in [6.45, 7) is 11.0. The fourth-order valence-electron chi connectivity index (χ4n) is 2.95. The highest BCUT2D eigenvalue weighted by atomic mass is 16.7. The van der Waals surface area contributed by atoms with Crippen LogP contribution >= 0.6 is 0 Å². The van der Waals surface area contributed by atoms with Gasteiger partial charge in [-0.25, -0.2) is 4.79 Å². The van der Waals surface area contributed by atoms with E-state index in [1.165, 1.54) is 0 Å². The highest BCUT2D eigenvalue weighted by Gasteiger charge is 2.38. The SMILES string of the molecule is CO[C@@](C)(C[C@@H](C)C1=C(C)C(=O)OC(C)(C)O1)C[C@@H](C)C=O. The van der Waals surface area contributed by atoms with E-state index in [4.69, 9.17) is 14.2 Å². The van der Waals surface area contributed by atoms with Gasteiger partial charge in [-0.2, -0.15) is 0 Å². The van der Waals surface area contributed by atoms with Gasteiger partial charge in [-0.05, 0) is 26.7 Å². The molecule has 1 aliphatic rings. The van der Waals surface area contributed by atoms with Crippen LogP contribution in [0.5, 0.6) is 0 Å². The summed E-state index contributed by atoms with van der Waals surface area (Å²) in [5, 5.41) is 0. The van der Waals surface area contributed by atoms with Gasteiger partial charge in [-0.1, -0.05) is 13.8 Å². The molecule has 0 aromatic heterocycles. The van der Waals surface area contributed by atoms with Crippen molar-refractivity contribution in [2.75, 3.05) is 7.11 Å². The Morgan fingerprint density at radius 1 is 1.27 bits per heavy atom. The van der Waals surface area contributed by atoms with Crippen molar-refractivity contribution in [3.05, 3.63) is 11.3 Å². The number of carbonyl (C=O) groups excluding carboxylic acids is 2. The molecule has 0 spiro atoms. The molecule has 1 rings (SSSR count). The molecule has 3 atom stereocenters. The smallest absolute Gasteiger partial charge is 0.340 e. The lowest BCUT2D eigenvalue weighted by Gasteiger charge is -2.38. The van der Waals surface area contributed by atoms with E-state index in [-0.39, 0.29) is 17.8 Å². The first-order valence-corrected chi connectivity index (χ1v) is 7.67. The molecule has 0 saturated heterocycles. The molecule has 0 fully saturated rings. The molecule has 0 amide bonds. The number of methoxy groups -OCH3 is 1. The molecule has 0 aromatic rings. The average Bonchev–Trinajstić information content (AvgIpc) is 2.41. The third kappa shape index (κ3) is 4.57. The minimum Gasteiger partial charge on any atom is -0.456 e. The number of cyclic esters (lactones) is 1. The number of carbonyl (C=O) groups is 2. The third-order valence-corrected chi connectivity index (χ3v) is 4.03. The van der Waals surface area contributed by atoms with Gasteiger partial charge in [0.05, 0.1) is 11.2 Å². The topological polar surface area (TPSA) is 61.8 Å². The van der Waals surface area contributed by atoms with Crippen LogP contribution in [0, 0.1) is 11.8 Å². The quantitative estimate of drug-likeness (QED) is 0.533. The van der Waals surface area contributed by atoms with E-state index in [2.05, 4.69) is 0 Å². The van der Waals surface area contributed by atoms with Crippen LogP contribution in [0.4, 0.5) is 0 Å². The monoisotopic (exact) mass is 312 g/mol. The summed E-state index contributed by atoms with van der Waals surface area (Å²) in [6.07, 6.45) is 2.21. The van der Waals surface area contributed by atoms with E-state index < -0.39 is 11.4 Å². The third-order valence-electron chi connectivity index (χ3n) is 4.03. The molecule has 0 aromatic carbocycles. The summed E-state index contributed by atoms with van der Waals surface area (Å²) in [5.41, 5.74) is 0.0377. The van der Waals surface area contributed by atoms with Crippen molar-refractivity contribution in [1.29, 1.82) is 0 Å². The highest BCUT2D eigenvalue weighted by molar-refractivity contribution is 5.89. The lowest BCUT2D eigenvalue weighted by atomic mass is 9.84. The maximum atomic E-state index is 11.9. The first kappa shape index (κ1) is 18.7. The van der Waals surface area contributed by atoms with Crippen molar-refractivity contribution in [3.63, 3.8) is 0 Å². The Morgan fingerprint density at radius 3 is 2.36 bits per heavy atom. The summed E-state index contributed by atoms with van der Waals surface area (Å²) in [4.78, 5) is 22.9. The van der Waals surface area contributed by atoms with Crippen LogP contribution in [0.15, 0.2) is 11.3 Å². The second-order valence-corrected chi connectivity index (χ2v) is 6.96. The van der Waals surface area contributed by atoms with E-state index in [0.717, 1.165) is 6.29 Å². The molecule has 0 radical (unpaired) electrons. The number of hydrogen-bond donors (Lipinski definition) is 0. The minimum atomic E-state index is -0.959. The molecule has 1 heterocycles. The van der Waals surface area contributed by atoms with E-state index in [0.29, 0.717) is 24.2 Å². The van der Waals surface area contributed by atoms with Crippen molar-refractivity contribution < 1.29 is 23.8 Å². The molecule has 0 aliphatic carbocycles. The van der Waals surface area contributed by atoms with Gasteiger partial charge in [0.1, 0.15) is 12.0 Å². The largest absolute Gasteiger partial charge is 0.456 e. The average molecular weight is 312 g/mol. The first-order chi connectivity index (χ1) is 10.0. The number of esters is 1. The fourth-order valence-corrected chi connectivity index (χ4v) is 2.95. The van der Waals surface area contributed by atoms with Crippen molar-refractivity contribution in [1.82, 2.24) is 0 Å². The Kier molecular flexibility index (Phi) is 5.79. The van der Waals surface area contributed by atoms with Gasteiger partial charge in [0.25, 0.3) is 0 Å². The zero-order valence-corrected chi connectivity index (χ0v) is 14.7. The van der Waals surface area contributed by atoms with Crippen LogP contribution in [-0.2, 0) is 23.8 Å². The molecular formula is C17H28O5. The Hall–Kier alpha value is -1.36. The van der Waals surface area contributed by atoms with Crippen molar-refractivity contribution >= 4 is 12.3 Å². The van der Waals surface area contributed by atoms with Gasteiger partial charge in [-0.15, -0.1) is 0 Å². The van der Waals surface area contributed by atoms with Crippen LogP contribution in [0.25, 0.3) is 0 Å². The number of ether oxygens (including phenoxy) is 3. The van der Waals surface area contributed by atoms with Crippen molar-refractivity contribution in [2.24, 2.45) is 11.8 Å². The molecule has 0 bridgehead atoms. The standard InChI is InChI=1S/C17H28O5/c1-11(10-18)8-17(6,20-7)9-12(2)14-13(3)15(19)22-16(4,5)21-14/h10-12H,8-9H2,1-7H3/t11-,12-,17-/m1/s1. The van der Waals surface area contributed by atoms with Gasteiger partial charge < -0.3 is 19.0 Å². The van der Waals surface area contributed by atoms with E-state index in [9.17, 15) is 9.59 Å². The molecular weight excluding hydrogens is 284 g/mol. The molecule has 22 heavy (non-hydrogen) atoms. The second kappa shape index (κ2) is 6.82. The Morgan fingerprint density at radius 2 is 1.86 bits per heavy atom. The number of rotatable bonds is 7. The van der Waals surface area contributed by atoms with Crippen LogP contribution < -0.4 is 0 Å². The van der Waals surface area contributed by atoms with Crippen LogP contribution in [-0.4, -0.2) is 30.8 Å². The number of allylic oxidation sites excluding steroid dienone is 1. The predicted octanol–water partition coefficient (Wildman–Crippen LogP) is 3.23. The highest BCUT2D eigenvalue weighted by Crippen LogP contribution is 2.36. The molecule has 0 N–H and O–H groups in total. The number of aldehydes is 1. The zero-order chi connectivity index (χ0) is 17.1. The van der Waals surface area contributed by atoms with Gasteiger partial charge in [-0.3, -0.25) is 0 Å². The summed E-state index contributed by atoms with van der Waals surface area (Å²) in [6, 6.07) is 0. The van der Waals surface area contributed by atoms with Crippen LogP contribution in [0.3, 0.4) is 0 Å². The summed E-state index contributed by atoms with van der Waals surface area (Å²) < 4.78 is 16.7. The molecule has 0 saturated carbocycles. The first-order valence-electron chi connectivity index (χ1n) is 7.67. The van der Waals surface area contributed by atoms with E-state index >= 15 is 0 Å². The molecule has 5 nitrogen and oxygen atoms in total. The minimum absolute atomic E-state index is 0.0177. The molecule has 1 aliphatic heterocycles. The van der Waals surface area contributed by atoms with Gasteiger partial charge in [0.15, 0.2) is 0 Å². The van der Waals surface area contributed by atoms with Crippen molar-refractivity contribution in [2.45, 2.75) is 65.8 Å². The van der Waals surface area contributed by atoms with Gasteiger partial charge >= 0.3 is 5.97 Å². The summed E-state index contributed by atoms with van der Waals surface area (Å²) >= 11 is 0. The van der Waals surface area contributed by atoms with Gasteiger partial charge in [0, 0.05) is 32.8 Å². The Labute approximate surface area is 133 Å². The Bertz CT molecular complexity index is 466. The number of hydrogen-bond acceptors (Lipinski definition) is 5. The zero-order valence-electron chi connectivity index (χ0n) is 14.7. The molecule has 126 valence electrons. The predicted molar refractivity (Wildman–Crippen MR) is 83.0 cm³/mol. The molecule has 0 unspecified atom stereocenters. The normalized spacial score (nSPS) is 23.1. The molecule has 5 heteroatoms. The van der Waals surface area contributed by atoms with Gasteiger partial charge in [0.2, 0.25) is 5.79 Å². The Balaban J connectivity index is 2.94. The maximum absolute atomic E-state index is 11.9. The lowest BCUT2D eigenvalue weighted by molar-refractivity contribution is -0.211. The second-order valence-electron chi connectivity index (χ2n) is 6.96.